The summed E-state index contributed by atoms with van der Waals surface area (Å²) in [7, 11) is 1.54. The topological polar surface area (TPSA) is 92.4 Å². The number of nitrogens with zero attached hydrogens (tertiary/aromatic N) is 1. The van der Waals surface area contributed by atoms with Gasteiger partial charge < -0.3 is 10.1 Å². The Labute approximate surface area is 138 Å². The van der Waals surface area contributed by atoms with E-state index < -0.39 is 11.8 Å². The van der Waals surface area contributed by atoms with Crippen molar-refractivity contribution in [1.82, 2.24) is 15.8 Å². The number of methoxy groups -OCH3 is 1. The second-order valence-corrected chi connectivity index (χ2v) is 4.81. The summed E-state index contributed by atoms with van der Waals surface area (Å²) in [6.45, 7) is -0.0283. The van der Waals surface area contributed by atoms with Crippen molar-refractivity contribution in [3.8, 4) is 5.75 Å². The molecule has 0 fully saturated rings. The molecule has 2 aromatic rings. The Morgan fingerprint density at radius 2 is 1.96 bits per heavy atom. The van der Waals surface area contributed by atoms with E-state index >= 15 is 0 Å². The third-order valence-corrected chi connectivity index (χ3v) is 3.07. The molecule has 8 heteroatoms. The average molecular weight is 335 g/mol. The highest BCUT2D eigenvalue weighted by Gasteiger charge is 2.08. The predicted molar refractivity (Wildman–Crippen MR) is 86.3 cm³/mol. The van der Waals surface area contributed by atoms with Crippen LogP contribution in [-0.4, -0.2) is 30.5 Å². The van der Waals surface area contributed by atoms with Crippen molar-refractivity contribution in [3.05, 3.63) is 53.3 Å². The Bertz CT molecular complexity index is 691. The number of hydrogen-bond donors (Lipinski definition) is 3. The van der Waals surface area contributed by atoms with E-state index in [1.165, 1.54) is 18.3 Å². The van der Waals surface area contributed by atoms with E-state index in [1.54, 1.807) is 19.2 Å². The smallest absolute Gasteiger partial charge is 0.271 e. The molecule has 120 valence electrons. The van der Waals surface area contributed by atoms with Crippen LogP contribution in [0.3, 0.4) is 0 Å². The number of hydrogen-bond acceptors (Lipinski definition) is 5. The first-order valence-electron chi connectivity index (χ1n) is 6.68. The Morgan fingerprint density at radius 3 is 2.65 bits per heavy atom. The molecular formula is C15H15ClN4O3. The number of carbonyl (C=O) groups is 2. The Kier molecular flexibility index (Phi) is 5.76. The van der Waals surface area contributed by atoms with Crippen molar-refractivity contribution in [2.45, 2.75) is 0 Å². The predicted octanol–water partition coefficient (Wildman–Crippen LogP) is 1.62. The van der Waals surface area contributed by atoms with Crippen LogP contribution in [0.25, 0.3) is 0 Å². The lowest BCUT2D eigenvalue weighted by Crippen LogP contribution is -2.44. The number of nitrogens with one attached hydrogen (secondary N) is 3. The number of benzene rings is 1. The number of rotatable bonds is 5. The minimum Gasteiger partial charge on any atom is -0.495 e. The van der Waals surface area contributed by atoms with E-state index in [1.807, 2.05) is 12.1 Å². The molecular weight excluding hydrogens is 320 g/mol. The maximum Gasteiger partial charge on any atom is 0.271 e. The van der Waals surface area contributed by atoms with Gasteiger partial charge in [-0.15, -0.1) is 0 Å². The van der Waals surface area contributed by atoms with E-state index in [2.05, 4.69) is 21.2 Å². The molecule has 0 aliphatic rings. The van der Waals surface area contributed by atoms with E-state index in [0.717, 1.165) is 0 Å². The number of hydrazine groups is 1. The second-order valence-electron chi connectivity index (χ2n) is 4.43. The number of pyridine rings is 1. The number of amides is 2. The zero-order valence-electron chi connectivity index (χ0n) is 12.3. The standard InChI is InChI=1S/C15H15ClN4O3/c1-23-12-5-3-2-4-11(12)17-9-14(21)19-20-15(22)10-6-7-13(16)18-8-10/h2-8,17H,9H2,1H3,(H,19,21)(H,20,22). The number of para-hydroxylation sites is 2. The fraction of sp³-hybridized carbons (Fsp3) is 0.133. The lowest BCUT2D eigenvalue weighted by Gasteiger charge is -2.11. The summed E-state index contributed by atoms with van der Waals surface area (Å²) >= 11 is 5.64. The molecule has 1 aromatic carbocycles. The zero-order chi connectivity index (χ0) is 16.7. The molecule has 2 amide bonds. The number of aromatic nitrogens is 1. The average Bonchev–Trinajstić information content (AvgIpc) is 2.58. The van der Waals surface area contributed by atoms with Crippen molar-refractivity contribution in [2.75, 3.05) is 19.0 Å². The SMILES string of the molecule is COc1ccccc1NCC(=O)NNC(=O)c1ccc(Cl)nc1. The normalized spacial score (nSPS) is 9.83. The van der Waals surface area contributed by atoms with Gasteiger partial charge in [-0.1, -0.05) is 23.7 Å². The molecule has 0 saturated carbocycles. The fourth-order valence-electron chi connectivity index (χ4n) is 1.72. The van der Waals surface area contributed by atoms with Gasteiger partial charge in [-0.05, 0) is 24.3 Å². The maximum absolute atomic E-state index is 11.8. The van der Waals surface area contributed by atoms with Gasteiger partial charge in [-0.2, -0.15) is 0 Å². The highest BCUT2D eigenvalue weighted by Crippen LogP contribution is 2.22. The number of anilines is 1. The van der Waals surface area contributed by atoms with E-state index in [9.17, 15) is 9.59 Å². The van der Waals surface area contributed by atoms with Gasteiger partial charge >= 0.3 is 0 Å². The second kappa shape index (κ2) is 8.00. The van der Waals surface area contributed by atoms with Crippen molar-refractivity contribution in [1.29, 1.82) is 0 Å². The van der Waals surface area contributed by atoms with Gasteiger partial charge in [0.1, 0.15) is 10.9 Å². The summed E-state index contributed by atoms with van der Waals surface area (Å²) < 4.78 is 5.16. The van der Waals surface area contributed by atoms with Crippen LogP contribution < -0.4 is 20.9 Å². The van der Waals surface area contributed by atoms with Gasteiger partial charge in [0.2, 0.25) is 0 Å². The highest BCUT2D eigenvalue weighted by molar-refractivity contribution is 6.29. The van der Waals surface area contributed by atoms with Crippen molar-refractivity contribution in [3.63, 3.8) is 0 Å². The molecule has 1 heterocycles. The van der Waals surface area contributed by atoms with Crippen LogP contribution in [0, 0.1) is 0 Å². The summed E-state index contributed by atoms with van der Waals surface area (Å²) in [4.78, 5) is 27.3. The molecule has 1 aromatic heterocycles. The van der Waals surface area contributed by atoms with Crippen LogP contribution in [-0.2, 0) is 4.79 Å². The van der Waals surface area contributed by atoms with Gasteiger partial charge in [0, 0.05) is 6.20 Å². The first kappa shape index (κ1) is 16.6. The first-order valence-corrected chi connectivity index (χ1v) is 7.05. The molecule has 0 radical (unpaired) electrons. The van der Waals surface area contributed by atoms with Crippen molar-refractivity contribution < 1.29 is 14.3 Å². The molecule has 0 saturated heterocycles. The van der Waals surface area contributed by atoms with Gasteiger partial charge in [-0.3, -0.25) is 20.4 Å². The summed E-state index contributed by atoms with van der Waals surface area (Å²) in [5.41, 5.74) is 5.55. The van der Waals surface area contributed by atoms with Gasteiger partial charge in [0.15, 0.2) is 0 Å². The van der Waals surface area contributed by atoms with Crippen LogP contribution in [0.4, 0.5) is 5.69 Å². The molecule has 3 N–H and O–H groups in total. The van der Waals surface area contributed by atoms with Crippen molar-refractivity contribution in [2.24, 2.45) is 0 Å². The lowest BCUT2D eigenvalue weighted by atomic mass is 10.3. The lowest BCUT2D eigenvalue weighted by molar-refractivity contribution is -0.120. The van der Waals surface area contributed by atoms with E-state index in [0.29, 0.717) is 11.4 Å². The first-order chi connectivity index (χ1) is 11.1. The third-order valence-electron chi connectivity index (χ3n) is 2.85. The van der Waals surface area contributed by atoms with Crippen LogP contribution >= 0.6 is 11.6 Å². The quantitative estimate of drug-likeness (QED) is 0.571. The van der Waals surface area contributed by atoms with Crippen LogP contribution in [0.2, 0.25) is 5.15 Å². The van der Waals surface area contributed by atoms with Gasteiger partial charge in [0.05, 0.1) is 24.9 Å². The molecule has 23 heavy (non-hydrogen) atoms. The minimum atomic E-state index is -0.486. The van der Waals surface area contributed by atoms with Crippen LogP contribution in [0.1, 0.15) is 10.4 Å². The largest absolute Gasteiger partial charge is 0.495 e. The monoisotopic (exact) mass is 334 g/mol. The molecule has 0 atom stereocenters. The van der Waals surface area contributed by atoms with Gasteiger partial charge in [0.25, 0.3) is 11.8 Å². The zero-order valence-corrected chi connectivity index (χ0v) is 13.1. The fourth-order valence-corrected chi connectivity index (χ4v) is 1.83. The number of carbonyl (C=O) groups excluding carboxylic acids is 2. The Hall–Kier alpha value is -2.80. The molecule has 0 spiro atoms. The summed E-state index contributed by atoms with van der Waals surface area (Å²) in [6, 6.07) is 10.2. The Balaban J connectivity index is 1.81. The highest BCUT2D eigenvalue weighted by atomic mass is 35.5. The summed E-state index contributed by atoms with van der Waals surface area (Å²) in [6.07, 6.45) is 1.32. The molecule has 2 rings (SSSR count). The number of ether oxygens (including phenoxy) is 1. The summed E-state index contributed by atoms with van der Waals surface area (Å²) in [5, 5.41) is 3.20. The van der Waals surface area contributed by atoms with Crippen LogP contribution in [0.15, 0.2) is 42.6 Å². The van der Waals surface area contributed by atoms with Crippen LogP contribution in [0.5, 0.6) is 5.75 Å². The number of halogens is 1. The molecule has 0 aliphatic carbocycles. The van der Waals surface area contributed by atoms with Crippen molar-refractivity contribution >= 4 is 29.1 Å². The van der Waals surface area contributed by atoms with Gasteiger partial charge in [-0.25, -0.2) is 4.98 Å². The molecule has 0 aliphatic heterocycles. The molecule has 0 bridgehead atoms. The van der Waals surface area contributed by atoms with E-state index in [4.69, 9.17) is 16.3 Å². The maximum atomic E-state index is 11.8. The third kappa shape index (κ3) is 4.86. The minimum absolute atomic E-state index is 0.0283. The Morgan fingerprint density at radius 1 is 1.17 bits per heavy atom. The molecule has 0 unspecified atom stereocenters. The molecule has 7 nitrogen and oxygen atoms in total. The summed E-state index contributed by atoms with van der Waals surface area (Å²) in [5.74, 6) is -0.275. The van der Waals surface area contributed by atoms with E-state index in [-0.39, 0.29) is 17.3 Å².